The molecular weight excluding hydrogens is 402 g/mol. The van der Waals surface area contributed by atoms with Gasteiger partial charge in [0.1, 0.15) is 17.4 Å². The van der Waals surface area contributed by atoms with Crippen LogP contribution in [0.2, 0.25) is 0 Å². The minimum atomic E-state index is -0.396. The number of hydrogen-bond donors (Lipinski definition) is 2. The van der Waals surface area contributed by atoms with Crippen molar-refractivity contribution in [3.63, 3.8) is 0 Å². The van der Waals surface area contributed by atoms with Crippen molar-refractivity contribution in [3.8, 4) is 5.75 Å². The van der Waals surface area contributed by atoms with Gasteiger partial charge in [-0.3, -0.25) is 4.79 Å². The SMILES string of the molecule is O=C1[C@@H](CC/C(=N\O)c2ccc(F)cc2)[C@H](c2ccc(O)cc2)N1c1ccc(F)cc1. The van der Waals surface area contributed by atoms with E-state index in [-0.39, 0.29) is 17.7 Å². The van der Waals surface area contributed by atoms with Gasteiger partial charge in [0.15, 0.2) is 0 Å². The molecule has 31 heavy (non-hydrogen) atoms. The smallest absolute Gasteiger partial charge is 0.233 e. The van der Waals surface area contributed by atoms with E-state index in [1.807, 2.05) is 0 Å². The van der Waals surface area contributed by atoms with Gasteiger partial charge in [-0.05, 0) is 72.5 Å². The van der Waals surface area contributed by atoms with Crippen LogP contribution in [0.4, 0.5) is 14.5 Å². The van der Waals surface area contributed by atoms with Crippen molar-refractivity contribution in [1.82, 2.24) is 0 Å². The average Bonchev–Trinajstić information content (AvgIpc) is 2.78. The van der Waals surface area contributed by atoms with E-state index in [4.69, 9.17) is 0 Å². The monoisotopic (exact) mass is 422 g/mol. The van der Waals surface area contributed by atoms with Crippen molar-refractivity contribution < 1.29 is 23.9 Å². The number of β-lactam (4-membered cyclic amide) rings is 1. The van der Waals surface area contributed by atoms with E-state index >= 15 is 0 Å². The molecule has 2 N–H and O–H groups in total. The van der Waals surface area contributed by atoms with Gasteiger partial charge in [0, 0.05) is 5.69 Å². The van der Waals surface area contributed by atoms with Gasteiger partial charge in [-0.15, -0.1) is 0 Å². The summed E-state index contributed by atoms with van der Waals surface area (Å²) in [7, 11) is 0. The highest BCUT2D eigenvalue weighted by molar-refractivity contribution is 6.04. The quantitative estimate of drug-likeness (QED) is 0.253. The van der Waals surface area contributed by atoms with Crippen molar-refractivity contribution in [2.45, 2.75) is 18.9 Å². The van der Waals surface area contributed by atoms with E-state index in [2.05, 4.69) is 5.16 Å². The highest BCUT2D eigenvalue weighted by atomic mass is 19.1. The number of halogens is 2. The fourth-order valence-corrected chi connectivity index (χ4v) is 3.96. The molecule has 0 spiro atoms. The van der Waals surface area contributed by atoms with Crippen LogP contribution in [0.15, 0.2) is 78.0 Å². The van der Waals surface area contributed by atoms with Crippen molar-refractivity contribution in [1.29, 1.82) is 0 Å². The second-order valence-electron chi connectivity index (χ2n) is 7.42. The predicted octanol–water partition coefficient (Wildman–Crippen LogP) is 5.03. The van der Waals surface area contributed by atoms with E-state index in [1.165, 1.54) is 36.4 Å². The first-order chi connectivity index (χ1) is 15.0. The van der Waals surface area contributed by atoms with Gasteiger partial charge in [-0.2, -0.15) is 0 Å². The van der Waals surface area contributed by atoms with Crippen LogP contribution in [-0.4, -0.2) is 21.9 Å². The fraction of sp³-hybridized carbons (Fsp3) is 0.167. The molecule has 3 aromatic rings. The average molecular weight is 422 g/mol. The highest BCUT2D eigenvalue weighted by Gasteiger charge is 2.48. The molecule has 7 heteroatoms. The van der Waals surface area contributed by atoms with E-state index in [9.17, 15) is 23.9 Å². The number of amides is 1. The number of phenols is 1. The van der Waals surface area contributed by atoms with E-state index in [1.54, 1.807) is 41.3 Å². The standard InChI is InChI=1S/C24H20F2N2O3/c25-17-5-1-15(2-6-17)22(27-31)14-13-21-23(16-3-11-20(29)12-4-16)28(24(21)30)19-9-7-18(26)8-10-19/h1-12,21,23,29,31H,13-14H2/b27-22+/t21-,23-/m0/s1. The zero-order valence-corrected chi connectivity index (χ0v) is 16.5. The minimum absolute atomic E-state index is 0.116. The van der Waals surface area contributed by atoms with Crippen LogP contribution in [0.25, 0.3) is 0 Å². The summed E-state index contributed by atoms with van der Waals surface area (Å²) < 4.78 is 26.5. The fourth-order valence-electron chi connectivity index (χ4n) is 3.96. The lowest BCUT2D eigenvalue weighted by atomic mass is 9.78. The van der Waals surface area contributed by atoms with Crippen LogP contribution in [0.3, 0.4) is 0 Å². The van der Waals surface area contributed by atoms with Crippen LogP contribution < -0.4 is 4.90 Å². The first-order valence-corrected chi connectivity index (χ1v) is 9.82. The number of benzene rings is 3. The molecule has 5 nitrogen and oxygen atoms in total. The van der Waals surface area contributed by atoms with Gasteiger partial charge in [0.2, 0.25) is 5.91 Å². The number of hydrogen-bond acceptors (Lipinski definition) is 4. The summed E-state index contributed by atoms with van der Waals surface area (Å²) in [5.74, 6) is -1.19. The second-order valence-corrected chi connectivity index (χ2v) is 7.42. The van der Waals surface area contributed by atoms with Gasteiger partial charge in [0.05, 0.1) is 17.7 Å². The number of rotatable bonds is 6. The summed E-state index contributed by atoms with van der Waals surface area (Å²) in [6, 6.07) is 17.6. The Labute approximate surface area is 177 Å². The molecule has 0 unspecified atom stereocenters. The lowest BCUT2D eigenvalue weighted by molar-refractivity contribution is -0.130. The van der Waals surface area contributed by atoms with Gasteiger partial charge in [-0.1, -0.05) is 29.4 Å². The summed E-state index contributed by atoms with van der Waals surface area (Å²) in [5.41, 5.74) is 2.34. The molecule has 1 saturated heterocycles. The molecule has 2 atom stereocenters. The number of carbonyl (C=O) groups excluding carboxylic acids is 1. The maximum atomic E-state index is 13.4. The van der Waals surface area contributed by atoms with Crippen LogP contribution in [-0.2, 0) is 4.79 Å². The van der Waals surface area contributed by atoms with Crippen molar-refractivity contribution in [2.24, 2.45) is 11.1 Å². The topological polar surface area (TPSA) is 73.1 Å². The molecule has 158 valence electrons. The number of anilines is 1. The number of phenolic OH excluding ortho intramolecular Hbond substituents is 1. The number of oxime groups is 1. The Balaban J connectivity index is 1.58. The first kappa shape index (κ1) is 20.5. The lowest BCUT2D eigenvalue weighted by Gasteiger charge is -2.47. The Hall–Kier alpha value is -3.74. The van der Waals surface area contributed by atoms with E-state index in [0.29, 0.717) is 29.8 Å². The van der Waals surface area contributed by atoms with E-state index in [0.717, 1.165) is 5.56 Å². The molecule has 0 radical (unpaired) electrons. The van der Waals surface area contributed by atoms with Crippen LogP contribution in [0.5, 0.6) is 5.75 Å². The zero-order valence-electron chi connectivity index (χ0n) is 16.5. The minimum Gasteiger partial charge on any atom is -0.508 e. The van der Waals surface area contributed by atoms with Crippen LogP contribution in [0.1, 0.15) is 30.0 Å². The molecule has 0 aliphatic carbocycles. The summed E-state index contributed by atoms with van der Waals surface area (Å²) >= 11 is 0. The third-order valence-electron chi connectivity index (χ3n) is 5.54. The molecule has 1 aliphatic heterocycles. The molecule has 0 saturated carbocycles. The Kier molecular flexibility index (Phi) is 5.66. The zero-order chi connectivity index (χ0) is 22.0. The van der Waals surface area contributed by atoms with Crippen molar-refractivity contribution in [3.05, 3.63) is 95.6 Å². The Morgan fingerprint density at radius 2 is 1.48 bits per heavy atom. The summed E-state index contributed by atoms with van der Waals surface area (Å²) in [6.45, 7) is 0. The predicted molar refractivity (Wildman–Crippen MR) is 112 cm³/mol. The number of nitrogens with zero attached hydrogens (tertiary/aromatic N) is 2. The second kappa shape index (κ2) is 8.55. The Morgan fingerprint density at radius 1 is 0.903 bits per heavy atom. The molecule has 1 heterocycles. The number of carbonyl (C=O) groups is 1. The molecule has 4 rings (SSSR count). The van der Waals surface area contributed by atoms with Crippen LogP contribution >= 0.6 is 0 Å². The van der Waals surface area contributed by atoms with Gasteiger partial charge in [0.25, 0.3) is 0 Å². The summed E-state index contributed by atoms with van der Waals surface area (Å²) in [4.78, 5) is 14.6. The van der Waals surface area contributed by atoms with E-state index < -0.39 is 17.6 Å². The van der Waals surface area contributed by atoms with Gasteiger partial charge in [-0.25, -0.2) is 8.78 Å². The van der Waals surface area contributed by atoms with Gasteiger partial charge >= 0.3 is 0 Å². The largest absolute Gasteiger partial charge is 0.508 e. The molecule has 3 aromatic carbocycles. The van der Waals surface area contributed by atoms with Gasteiger partial charge < -0.3 is 15.2 Å². The maximum Gasteiger partial charge on any atom is 0.233 e. The van der Waals surface area contributed by atoms with Crippen molar-refractivity contribution in [2.75, 3.05) is 4.90 Å². The molecular formula is C24H20F2N2O3. The lowest BCUT2D eigenvalue weighted by Crippen LogP contribution is -2.55. The molecule has 0 aromatic heterocycles. The Bertz CT molecular complexity index is 1100. The number of aromatic hydroxyl groups is 1. The molecule has 1 fully saturated rings. The molecule has 0 bridgehead atoms. The van der Waals surface area contributed by atoms with Crippen LogP contribution in [0, 0.1) is 17.6 Å². The summed E-state index contributed by atoms with van der Waals surface area (Å²) in [5, 5.41) is 22.4. The highest BCUT2D eigenvalue weighted by Crippen LogP contribution is 2.46. The molecule has 1 amide bonds. The normalized spacial score (nSPS) is 18.7. The third-order valence-corrected chi connectivity index (χ3v) is 5.54. The summed E-state index contributed by atoms with van der Waals surface area (Å²) in [6.07, 6.45) is 0.712. The van der Waals surface area contributed by atoms with Crippen molar-refractivity contribution >= 4 is 17.3 Å². The first-order valence-electron chi connectivity index (χ1n) is 9.82. The molecule has 1 aliphatic rings. The third kappa shape index (κ3) is 4.12. The maximum absolute atomic E-state index is 13.4. The Morgan fingerprint density at radius 3 is 2.06 bits per heavy atom.